The fraction of sp³-hybridized carbons (Fsp3) is 0.0667. The van der Waals surface area contributed by atoms with Gasteiger partial charge in [0.25, 0.3) is 0 Å². The van der Waals surface area contributed by atoms with Gasteiger partial charge in [0.05, 0.1) is 11.2 Å². The largest absolute Gasteiger partial charge is 0.396 e. The van der Waals surface area contributed by atoms with E-state index in [-0.39, 0.29) is 11.5 Å². The average Bonchev–Trinajstić information content (AvgIpc) is 2.77. The average molecular weight is 258 g/mol. The third kappa shape index (κ3) is 2.17. The second kappa shape index (κ2) is 4.39. The highest BCUT2D eigenvalue weighted by molar-refractivity contribution is 5.80. The molecule has 4 heteroatoms. The lowest BCUT2D eigenvalue weighted by molar-refractivity contribution is 0.626. The van der Waals surface area contributed by atoms with Crippen molar-refractivity contribution in [3.63, 3.8) is 0 Å². The maximum Gasteiger partial charge on any atom is 0.146 e. The van der Waals surface area contributed by atoms with Crippen molar-refractivity contribution in [2.75, 3.05) is 5.73 Å². The van der Waals surface area contributed by atoms with Crippen molar-refractivity contribution in [3.8, 4) is 0 Å². The molecule has 0 unspecified atom stereocenters. The van der Waals surface area contributed by atoms with Gasteiger partial charge >= 0.3 is 0 Å². The summed E-state index contributed by atoms with van der Waals surface area (Å²) < 4.78 is 28.5. The summed E-state index contributed by atoms with van der Waals surface area (Å²) in [5, 5.41) is 0.956. The van der Waals surface area contributed by atoms with E-state index in [2.05, 4.69) is 0 Å². The summed E-state index contributed by atoms with van der Waals surface area (Å²) in [6, 6.07) is 11.2. The highest BCUT2D eigenvalue weighted by Gasteiger charge is 2.05. The molecule has 0 amide bonds. The van der Waals surface area contributed by atoms with Gasteiger partial charge < -0.3 is 10.3 Å². The fourth-order valence-electron chi connectivity index (χ4n) is 2.16. The topological polar surface area (TPSA) is 30.9 Å². The molecule has 1 heterocycles. The maximum atomic E-state index is 13.4. The van der Waals surface area contributed by atoms with E-state index in [1.807, 2.05) is 16.8 Å². The second-order valence-electron chi connectivity index (χ2n) is 4.50. The van der Waals surface area contributed by atoms with Gasteiger partial charge in [-0.05, 0) is 47.3 Å². The van der Waals surface area contributed by atoms with Gasteiger partial charge in [-0.15, -0.1) is 0 Å². The Labute approximate surface area is 109 Å². The Kier molecular flexibility index (Phi) is 2.71. The van der Waals surface area contributed by atoms with Gasteiger partial charge in [-0.1, -0.05) is 6.07 Å². The van der Waals surface area contributed by atoms with E-state index in [1.54, 1.807) is 12.1 Å². The first-order valence-electron chi connectivity index (χ1n) is 5.92. The Morgan fingerprint density at radius 1 is 1.00 bits per heavy atom. The van der Waals surface area contributed by atoms with Crippen LogP contribution in [0, 0.1) is 11.6 Å². The van der Waals surface area contributed by atoms with Crippen molar-refractivity contribution >= 4 is 16.6 Å². The molecule has 0 aliphatic carbocycles. The number of hydrogen-bond acceptors (Lipinski definition) is 1. The molecule has 3 aromatic rings. The van der Waals surface area contributed by atoms with Gasteiger partial charge in [-0.2, -0.15) is 0 Å². The lowest BCUT2D eigenvalue weighted by atomic mass is 10.2. The van der Waals surface area contributed by atoms with Crippen molar-refractivity contribution < 1.29 is 8.78 Å². The number of anilines is 1. The summed E-state index contributed by atoms with van der Waals surface area (Å²) in [4.78, 5) is 0. The monoisotopic (exact) mass is 258 g/mol. The molecule has 3 rings (SSSR count). The maximum absolute atomic E-state index is 13.4. The van der Waals surface area contributed by atoms with Crippen LogP contribution < -0.4 is 5.73 Å². The lowest BCUT2D eigenvalue weighted by Crippen LogP contribution is -2.00. The summed E-state index contributed by atoms with van der Waals surface area (Å²) in [6.45, 7) is 0.476. The third-order valence-electron chi connectivity index (χ3n) is 3.15. The number of halogens is 2. The van der Waals surface area contributed by atoms with Crippen LogP contribution in [0.25, 0.3) is 10.9 Å². The highest BCUT2D eigenvalue weighted by atomic mass is 19.1. The molecule has 0 bridgehead atoms. The Hall–Kier alpha value is -2.36. The van der Waals surface area contributed by atoms with E-state index in [4.69, 9.17) is 5.73 Å². The van der Waals surface area contributed by atoms with Gasteiger partial charge in [-0.3, -0.25) is 0 Å². The number of aromatic nitrogens is 1. The predicted octanol–water partition coefficient (Wildman–Crippen LogP) is 3.55. The lowest BCUT2D eigenvalue weighted by Gasteiger charge is -2.07. The first-order valence-corrected chi connectivity index (χ1v) is 5.92. The van der Waals surface area contributed by atoms with E-state index < -0.39 is 5.82 Å². The van der Waals surface area contributed by atoms with E-state index in [9.17, 15) is 8.78 Å². The minimum atomic E-state index is -0.430. The Balaban J connectivity index is 2.00. The molecule has 96 valence electrons. The molecule has 0 fully saturated rings. The number of rotatable bonds is 2. The highest BCUT2D eigenvalue weighted by Crippen LogP contribution is 2.19. The van der Waals surface area contributed by atoms with Crippen LogP contribution in [0.2, 0.25) is 0 Å². The number of benzene rings is 2. The molecule has 0 atom stereocenters. The number of nitrogen functional groups attached to an aromatic ring is 1. The van der Waals surface area contributed by atoms with Crippen molar-refractivity contribution in [1.82, 2.24) is 4.57 Å². The Morgan fingerprint density at radius 3 is 2.63 bits per heavy atom. The number of nitrogens with two attached hydrogens (primary N) is 1. The van der Waals surface area contributed by atoms with E-state index in [0.717, 1.165) is 16.5 Å². The molecule has 1 aromatic heterocycles. The smallest absolute Gasteiger partial charge is 0.146 e. The molecule has 2 nitrogen and oxygen atoms in total. The molecule has 0 radical (unpaired) electrons. The molecular weight excluding hydrogens is 246 g/mol. The molecular formula is C15H12F2N2. The molecule has 2 aromatic carbocycles. The number of fused-ring (bicyclic) bond motifs is 1. The van der Waals surface area contributed by atoms with Gasteiger partial charge in [0.2, 0.25) is 0 Å². The van der Waals surface area contributed by atoms with Gasteiger partial charge in [0.1, 0.15) is 11.6 Å². The van der Waals surface area contributed by atoms with Crippen LogP contribution in [0.1, 0.15) is 5.56 Å². The Morgan fingerprint density at radius 2 is 1.84 bits per heavy atom. The SMILES string of the molecule is Nc1ccc(Cn2ccc3ccc(F)cc32)cc1F. The summed E-state index contributed by atoms with van der Waals surface area (Å²) in [7, 11) is 0. The van der Waals surface area contributed by atoms with Crippen LogP contribution in [-0.2, 0) is 6.54 Å². The van der Waals surface area contributed by atoms with Gasteiger partial charge in [0.15, 0.2) is 0 Å². The molecule has 0 aliphatic rings. The van der Waals surface area contributed by atoms with Crippen LogP contribution in [0.15, 0.2) is 48.7 Å². The van der Waals surface area contributed by atoms with Gasteiger partial charge in [-0.25, -0.2) is 8.78 Å². The standard InChI is InChI=1S/C15H12F2N2/c16-12-3-2-11-5-6-19(15(11)8-12)9-10-1-4-14(18)13(17)7-10/h1-8H,9,18H2. The molecule has 2 N–H and O–H groups in total. The summed E-state index contributed by atoms with van der Waals surface area (Å²) in [5.74, 6) is -0.712. The first-order chi connectivity index (χ1) is 9.13. The van der Waals surface area contributed by atoms with E-state index in [0.29, 0.717) is 6.54 Å². The van der Waals surface area contributed by atoms with Crippen molar-refractivity contribution in [2.24, 2.45) is 0 Å². The fourth-order valence-corrected chi connectivity index (χ4v) is 2.16. The summed E-state index contributed by atoms with van der Waals surface area (Å²) in [6.07, 6.45) is 1.86. The minimum Gasteiger partial charge on any atom is -0.396 e. The van der Waals surface area contributed by atoms with Crippen LogP contribution >= 0.6 is 0 Å². The summed E-state index contributed by atoms with van der Waals surface area (Å²) >= 11 is 0. The minimum absolute atomic E-state index is 0.132. The molecule has 0 saturated carbocycles. The first kappa shape index (κ1) is 11.7. The molecule has 19 heavy (non-hydrogen) atoms. The zero-order valence-corrected chi connectivity index (χ0v) is 10.1. The van der Waals surface area contributed by atoms with Crippen molar-refractivity contribution in [3.05, 3.63) is 65.9 Å². The normalized spacial score (nSPS) is 11.1. The van der Waals surface area contributed by atoms with Crippen molar-refractivity contribution in [1.29, 1.82) is 0 Å². The molecule has 0 spiro atoms. The Bertz CT molecular complexity index is 747. The van der Waals surface area contributed by atoms with Gasteiger partial charge in [0, 0.05) is 12.7 Å². The van der Waals surface area contributed by atoms with E-state index in [1.165, 1.54) is 24.3 Å². The van der Waals surface area contributed by atoms with E-state index >= 15 is 0 Å². The summed E-state index contributed by atoms with van der Waals surface area (Å²) in [5.41, 5.74) is 7.15. The van der Waals surface area contributed by atoms with Crippen LogP contribution in [0.5, 0.6) is 0 Å². The zero-order valence-electron chi connectivity index (χ0n) is 10.1. The third-order valence-corrected chi connectivity index (χ3v) is 3.15. The number of hydrogen-bond donors (Lipinski definition) is 1. The van der Waals surface area contributed by atoms with Crippen molar-refractivity contribution in [2.45, 2.75) is 6.54 Å². The zero-order chi connectivity index (χ0) is 13.4. The second-order valence-corrected chi connectivity index (χ2v) is 4.50. The molecule has 0 aliphatic heterocycles. The van der Waals surface area contributed by atoms with Crippen LogP contribution in [0.3, 0.4) is 0 Å². The number of nitrogens with zero attached hydrogens (tertiary/aromatic N) is 1. The van der Waals surface area contributed by atoms with Crippen LogP contribution in [-0.4, -0.2) is 4.57 Å². The van der Waals surface area contributed by atoms with Crippen LogP contribution in [0.4, 0.5) is 14.5 Å². The quantitative estimate of drug-likeness (QED) is 0.700. The predicted molar refractivity (Wildman–Crippen MR) is 71.8 cm³/mol. The molecule has 0 saturated heterocycles.